The van der Waals surface area contributed by atoms with E-state index in [0.717, 1.165) is 24.2 Å². The van der Waals surface area contributed by atoms with Crippen LogP contribution >= 0.6 is 0 Å². The fraction of sp³-hybridized carbons (Fsp3) is 0.435. The first kappa shape index (κ1) is 23.1. The van der Waals surface area contributed by atoms with Crippen LogP contribution < -0.4 is 21.3 Å². The average molecular weight is 459 g/mol. The molecule has 8 nitrogen and oxygen atoms in total. The van der Waals surface area contributed by atoms with E-state index in [-0.39, 0.29) is 30.1 Å². The molecule has 1 aromatic carbocycles. The molecule has 3 heterocycles. The zero-order chi connectivity index (χ0) is 23.4. The molecule has 0 bridgehead atoms. The fourth-order valence-electron chi connectivity index (χ4n) is 4.22. The van der Waals surface area contributed by atoms with Gasteiger partial charge >= 0.3 is 0 Å². The number of halogens is 2. The van der Waals surface area contributed by atoms with Gasteiger partial charge in [-0.3, -0.25) is 24.8 Å². The van der Waals surface area contributed by atoms with E-state index in [1.54, 1.807) is 4.90 Å². The Labute approximate surface area is 191 Å². The number of aromatic nitrogens is 1. The standard InChI is InChI=1S/C23H28F2N6O2/c24-18-11-17(28-20-3-4-21(32)29-23(20)33)12-19(25)22(18)31-9-7-30(8-10-31)14-15-1-2-16(5-6-26)27-13-15/h1-2,11-13,20,28H,3-10,14,26H2,(H,29,32,33). The number of rotatable bonds is 7. The predicted molar refractivity (Wildman–Crippen MR) is 121 cm³/mol. The normalized spacial score (nSPS) is 19.5. The molecule has 2 saturated heterocycles. The third kappa shape index (κ3) is 5.63. The van der Waals surface area contributed by atoms with Crippen LogP contribution in [0.2, 0.25) is 0 Å². The van der Waals surface area contributed by atoms with Crippen molar-refractivity contribution >= 4 is 23.2 Å². The summed E-state index contributed by atoms with van der Waals surface area (Å²) in [5.74, 6) is -2.20. The van der Waals surface area contributed by atoms with Crippen molar-refractivity contribution < 1.29 is 18.4 Å². The number of nitrogens with two attached hydrogens (primary N) is 1. The highest BCUT2D eigenvalue weighted by Gasteiger charge is 2.28. The molecular formula is C23H28F2N6O2. The Morgan fingerprint density at radius 2 is 1.85 bits per heavy atom. The molecule has 1 atom stereocenters. The summed E-state index contributed by atoms with van der Waals surface area (Å²) in [6, 6.07) is 5.72. The van der Waals surface area contributed by atoms with Crippen LogP contribution in [0.5, 0.6) is 0 Å². The van der Waals surface area contributed by atoms with Gasteiger partial charge in [-0.2, -0.15) is 0 Å². The van der Waals surface area contributed by atoms with Gasteiger partial charge < -0.3 is 16.0 Å². The number of nitrogens with zero attached hydrogens (tertiary/aromatic N) is 3. The average Bonchev–Trinajstić information content (AvgIpc) is 2.78. The Morgan fingerprint density at radius 3 is 2.45 bits per heavy atom. The molecule has 2 fully saturated rings. The Kier molecular flexibility index (Phi) is 7.14. The molecule has 2 amide bonds. The van der Waals surface area contributed by atoms with E-state index >= 15 is 0 Å². The second-order valence-corrected chi connectivity index (χ2v) is 8.40. The second-order valence-electron chi connectivity index (χ2n) is 8.40. The number of hydrogen-bond acceptors (Lipinski definition) is 7. The molecule has 2 aliphatic heterocycles. The zero-order valence-corrected chi connectivity index (χ0v) is 18.3. The first-order valence-electron chi connectivity index (χ1n) is 11.1. The minimum Gasteiger partial charge on any atom is -0.373 e. The molecular weight excluding hydrogens is 430 g/mol. The van der Waals surface area contributed by atoms with E-state index in [0.29, 0.717) is 32.7 Å². The number of benzene rings is 1. The lowest BCUT2D eigenvalue weighted by molar-refractivity contribution is -0.133. The van der Waals surface area contributed by atoms with Crippen LogP contribution in [0.25, 0.3) is 0 Å². The third-order valence-electron chi connectivity index (χ3n) is 5.98. The number of piperidine rings is 1. The van der Waals surface area contributed by atoms with Gasteiger partial charge in [0.05, 0.1) is 0 Å². The topological polar surface area (TPSA) is 104 Å². The molecule has 0 saturated carbocycles. The van der Waals surface area contributed by atoms with E-state index in [4.69, 9.17) is 5.73 Å². The van der Waals surface area contributed by atoms with Crippen LogP contribution in [0.3, 0.4) is 0 Å². The van der Waals surface area contributed by atoms with Gasteiger partial charge in [0.1, 0.15) is 11.7 Å². The van der Waals surface area contributed by atoms with Crippen LogP contribution in [0.15, 0.2) is 30.5 Å². The van der Waals surface area contributed by atoms with Crippen molar-refractivity contribution in [3.8, 4) is 0 Å². The lowest BCUT2D eigenvalue weighted by Crippen LogP contribution is -2.47. The van der Waals surface area contributed by atoms with Crippen molar-refractivity contribution in [1.82, 2.24) is 15.2 Å². The molecule has 33 heavy (non-hydrogen) atoms. The number of carbonyl (C=O) groups excluding carboxylic acids is 2. The largest absolute Gasteiger partial charge is 0.373 e. The van der Waals surface area contributed by atoms with Crippen LogP contribution in [0.4, 0.5) is 20.2 Å². The quantitative estimate of drug-likeness (QED) is 0.539. The summed E-state index contributed by atoms with van der Waals surface area (Å²) in [5, 5.41) is 5.05. The summed E-state index contributed by atoms with van der Waals surface area (Å²) in [5.41, 5.74) is 7.72. The van der Waals surface area contributed by atoms with E-state index < -0.39 is 23.6 Å². The number of carbonyl (C=O) groups is 2. The summed E-state index contributed by atoms with van der Waals surface area (Å²) < 4.78 is 29.7. The van der Waals surface area contributed by atoms with E-state index in [9.17, 15) is 18.4 Å². The number of amides is 2. The molecule has 2 aliphatic rings. The van der Waals surface area contributed by atoms with Gasteiger partial charge in [0.25, 0.3) is 0 Å². The Bertz CT molecular complexity index is 986. The van der Waals surface area contributed by atoms with E-state index in [1.165, 1.54) is 12.1 Å². The van der Waals surface area contributed by atoms with Gasteiger partial charge in [-0.1, -0.05) is 6.07 Å². The van der Waals surface area contributed by atoms with Crippen molar-refractivity contribution in [2.24, 2.45) is 5.73 Å². The maximum atomic E-state index is 14.8. The van der Waals surface area contributed by atoms with Crippen molar-refractivity contribution in [3.63, 3.8) is 0 Å². The first-order valence-corrected chi connectivity index (χ1v) is 11.1. The summed E-state index contributed by atoms with van der Waals surface area (Å²) >= 11 is 0. The monoisotopic (exact) mass is 458 g/mol. The van der Waals surface area contributed by atoms with Crippen molar-refractivity contribution in [2.75, 3.05) is 42.9 Å². The summed E-state index contributed by atoms with van der Waals surface area (Å²) in [7, 11) is 0. The van der Waals surface area contributed by atoms with Crippen LogP contribution in [0, 0.1) is 11.6 Å². The smallest absolute Gasteiger partial charge is 0.249 e. The van der Waals surface area contributed by atoms with Gasteiger partial charge in [0.15, 0.2) is 11.6 Å². The zero-order valence-electron chi connectivity index (χ0n) is 18.3. The molecule has 2 aromatic rings. The van der Waals surface area contributed by atoms with Crippen molar-refractivity contribution in [2.45, 2.75) is 31.8 Å². The molecule has 1 unspecified atom stereocenters. The van der Waals surface area contributed by atoms with Crippen LogP contribution in [-0.4, -0.2) is 60.5 Å². The van der Waals surface area contributed by atoms with Gasteiger partial charge in [0, 0.05) is 63.1 Å². The number of pyridine rings is 1. The van der Waals surface area contributed by atoms with Gasteiger partial charge in [-0.05, 0) is 36.7 Å². The number of piperazine rings is 1. The number of nitrogens with one attached hydrogen (secondary N) is 2. The lowest BCUT2D eigenvalue weighted by atomic mass is 10.1. The number of imide groups is 1. The van der Waals surface area contributed by atoms with E-state index in [2.05, 4.69) is 20.5 Å². The summed E-state index contributed by atoms with van der Waals surface area (Å²) in [4.78, 5) is 31.5. The van der Waals surface area contributed by atoms with Gasteiger partial charge in [0.2, 0.25) is 11.8 Å². The Hall–Kier alpha value is -3.11. The van der Waals surface area contributed by atoms with Gasteiger partial charge in [-0.25, -0.2) is 8.78 Å². The highest BCUT2D eigenvalue weighted by Crippen LogP contribution is 2.29. The van der Waals surface area contributed by atoms with E-state index in [1.807, 2.05) is 18.3 Å². The maximum Gasteiger partial charge on any atom is 0.249 e. The lowest BCUT2D eigenvalue weighted by Gasteiger charge is -2.36. The fourth-order valence-corrected chi connectivity index (χ4v) is 4.22. The molecule has 0 spiro atoms. The highest BCUT2D eigenvalue weighted by molar-refractivity contribution is 6.01. The van der Waals surface area contributed by atoms with Crippen LogP contribution in [0.1, 0.15) is 24.1 Å². The number of anilines is 2. The first-order chi connectivity index (χ1) is 15.9. The minimum atomic E-state index is -0.699. The number of hydrogen-bond donors (Lipinski definition) is 3. The highest BCUT2D eigenvalue weighted by atomic mass is 19.1. The summed E-state index contributed by atoms with van der Waals surface area (Å²) in [6.45, 7) is 3.61. The Morgan fingerprint density at radius 1 is 1.12 bits per heavy atom. The predicted octanol–water partition coefficient (Wildman–Crippen LogP) is 1.40. The molecule has 0 radical (unpaired) electrons. The second kappa shape index (κ2) is 10.2. The van der Waals surface area contributed by atoms with Crippen LogP contribution in [-0.2, 0) is 22.6 Å². The van der Waals surface area contributed by atoms with Gasteiger partial charge in [-0.15, -0.1) is 0 Å². The molecule has 10 heteroatoms. The molecule has 4 N–H and O–H groups in total. The molecule has 1 aromatic heterocycles. The minimum absolute atomic E-state index is 0.0590. The SMILES string of the molecule is NCCc1ccc(CN2CCN(c3c(F)cc(NC4CCC(=O)NC4=O)cc3F)CC2)cn1. The molecule has 0 aliphatic carbocycles. The molecule has 176 valence electrons. The van der Waals surface area contributed by atoms with Crippen molar-refractivity contribution in [3.05, 3.63) is 53.4 Å². The Balaban J connectivity index is 1.35. The van der Waals surface area contributed by atoms with Crippen molar-refractivity contribution in [1.29, 1.82) is 0 Å². The molecule has 4 rings (SSSR count). The third-order valence-corrected chi connectivity index (χ3v) is 5.98. The summed E-state index contributed by atoms with van der Waals surface area (Å²) in [6.07, 6.45) is 3.07. The maximum absolute atomic E-state index is 14.8.